The fraction of sp³-hybridized carbons (Fsp3) is 0.538. The number of nitrogens with two attached hydrogens (primary N) is 1. The molecule has 0 saturated heterocycles. The Labute approximate surface area is 123 Å². The van der Waals surface area contributed by atoms with Crippen molar-refractivity contribution in [2.75, 3.05) is 7.05 Å². The highest BCUT2D eigenvalue weighted by atomic mass is 79.9. The van der Waals surface area contributed by atoms with Gasteiger partial charge in [-0.3, -0.25) is 0 Å². The third-order valence-electron chi connectivity index (χ3n) is 3.77. The first-order chi connectivity index (χ1) is 8.87. The Bertz CT molecular complexity index is 570. The molecule has 1 aromatic carbocycles. The van der Waals surface area contributed by atoms with E-state index >= 15 is 0 Å². The fourth-order valence-electron chi connectivity index (χ4n) is 2.13. The number of nitrogens with zero attached hydrogens (tertiary/aromatic N) is 1. The molecule has 2 rings (SSSR count). The molecule has 2 N–H and O–H groups in total. The highest BCUT2D eigenvalue weighted by Gasteiger charge is 2.36. The SMILES string of the molecule is CC(C1CC1)N(C)S(=O)(=O)c1ccc(CN)cc1Br. The molecule has 4 nitrogen and oxygen atoms in total. The van der Waals surface area contributed by atoms with Gasteiger partial charge < -0.3 is 5.73 Å². The van der Waals surface area contributed by atoms with Gasteiger partial charge in [0.15, 0.2) is 0 Å². The van der Waals surface area contributed by atoms with Gasteiger partial charge in [0.25, 0.3) is 0 Å². The van der Waals surface area contributed by atoms with Gasteiger partial charge in [0, 0.05) is 24.1 Å². The highest BCUT2D eigenvalue weighted by Crippen LogP contribution is 2.37. The lowest BCUT2D eigenvalue weighted by Crippen LogP contribution is -2.36. The summed E-state index contributed by atoms with van der Waals surface area (Å²) in [5.41, 5.74) is 6.46. The zero-order valence-electron chi connectivity index (χ0n) is 11.1. The predicted octanol–water partition coefficient (Wildman–Crippen LogP) is 2.33. The summed E-state index contributed by atoms with van der Waals surface area (Å²) < 4.78 is 27.2. The Morgan fingerprint density at radius 2 is 2.11 bits per heavy atom. The summed E-state index contributed by atoms with van der Waals surface area (Å²) in [5.74, 6) is 0.502. The van der Waals surface area contributed by atoms with E-state index in [1.54, 1.807) is 25.2 Å². The van der Waals surface area contributed by atoms with Gasteiger partial charge in [0.2, 0.25) is 10.0 Å². The number of hydrogen-bond donors (Lipinski definition) is 1. The molecule has 106 valence electrons. The third kappa shape index (κ3) is 3.02. The van der Waals surface area contributed by atoms with E-state index in [0.29, 0.717) is 21.8 Å². The number of halogens is 1. The second-order valence-electron chi connectivity index (χ2n) is 5.07. The van der Waals surface area contributed by atoms with Crippen LogP contribution in [0, 0.1) is 5.92 Å². The van der Waals surface area contributed by atoms with E-state index in [-0.39, 0.29) is 6.04 Å². The summed E-state index contributed by atoms with van der Waals surface area (Å²) in [7, 11) is -1.80. The Kier molecular flexibility index (Phi) is 4.35. The van der Waals surface area contributed by atoms with Crippen LogP contribution in [0.2, 0.25) is 0 Å². The third-order valence-corrected chi connectivity index (χ3v) is 6.69. The lowest BCUT2D eigenvalue weighted by Gasteiger charge is -2.24. The summed E-state index contributed by atoms with van der Waals surface area (Å²) >= 11 is 3.33. The van der Waals surface area contributed by atoms with Crippen molar-refractivity contribution in [3.63, 3.8) is 0 Å². The Morgan fingerprint density at radius 3 is 2.58 bits per heavy atom. The number of rotatable bonds is 5. The van der Waals surface area contributed by atoms with Crippen LogP contribution in [0.3, 0.4) is 0 Å². The molecule has 0 aliphatic heterocycles. The summed E-state index contributed by atoms with van der Waals surface area (Å²) in [5, 5.41) is 0. The Hall–Kier alpha value is -0.430. The first-order valence-corrected chi connectivity index (χ1v) is 8.57. The van der Waals surface area contributed by atoms with Crippen LogP contribution in [0.4, 0.5) is 0 Å². The van der Waals surface area contributed by atoms with Gasteiger partial charge in [0.05, 0.1) is 4.90 Å². The van der Waals surface area contributed by atoms with E-state index in [1.165, 1.54) is 4.31 Å². The van der Waals surface area contributed by atoms with Crippen LogP contribution in [-0.4, -0.2) is 25.8 Å². The van der Waals surface area contributed by atoms with Gasteiger partial charge in [-0.25, -0.2) is 8.42 Å². The molecular weight excluding hydrogens is 328 g/mol. The molecule has 0 bridgehead atoms. The average molecular weight is 347 g/mol. The van der Waals surface area contributed by atoms with Crippen LogP contribution in [0.15, 0.2) is 27.6 Å². The minimum atomic E-state index is -3.45. The average Bonchev–Trinajstić information content (AvgIpc) is 3.20. The molecule has 0 amide bonds. The molecular formula is C13H19BrN2O2S. The fourth-order valence-corrected chi connectivity index (χ4v) is 4.64. The first-order valence-electron chi connectivity index (χ1n) is 6.34. The van der Waals surface area contributed by atoms with Crippen LogP contribution in [0.25, 0.3) is 0 Å². The largest absolute Gasteiger partial charge is 0.326 e. The normalized spacial score (nSPS) is 17.7. The van der Waals surface area contributed by atoms with Crippen LogP contribution >= 0.6 is 15.9 Å². The van der Waals surface area contributed by atoms with Crippen LogP contribution < -0.4 is 5.73 Å². The molecule has 1 aliphatic rings. The van der Waals surface area contributed by atoms with Crippen molar-refractivity contribution in [1.82, 2.24) is 4.31 Å². The van der Waals surface area contributed by atoms with E-state index in [2.05, 4.69) is 15.9 Å². The number of sulfonamides is 1. The van der Waals surface area contributed by atoms with Crippen molar-refractivity contribution in [1.29, 1.82) is 0 Å². The summed E-state index contributed by atoms with van der Waals surface area (Å²) in [4.78, 5) is 0.305. The molecule has 0 heterocycles. The van der Waals surface area contributed by atoms with E-state index in [4.69, 9.17) is 5.73 Å². The zero-order valence-corrected chi connectivity index (χ0v) is 13.5. The predicted molar refractivity (Wildman–Crippen MR) is 79.2 cm³/mol. The first kappa shape index (κ1) is 15.0. The number of hydrogen-bond acceptors (Lipinski definition) is 3. The molecule has 1 unspecified atom stereocenters. The van der Waals surface area contributed by atoms with Crippen molar-refractivity contribution < 1.29 is 8.42 Å². The van der Waals surface area contributed by atoms with E-state index in [1.807, 2.05) is 6.92 Å². The molecule has 19 heavy (non-hydrogen) atoms. The summed E-state index contributed by atoms with van der Waals surface area (Å²) in [6, 6.07) is 5.19. The number of benzene rings is 1. The minimum absolute atomic E-state index is 0.0473. The highest BCUT2D eigenvalue weighted by molar-refractivity contribution is 9.10. The van der Waals surface area contributed by atoms with Gasteiger partial charge >= 0.3 is 0 Å². The monoisotopic (exact) mass is 346 g/mol. The molecule has 0 aromatic heterocycles. The van der Waals surface area contributed by atoms with Crippen molar-refractivity contribution in [2.45, 2.75) is 37.2 Å². The van der Waals surface area contributed by atoms with E-state index < -0.39 is 10.0 Å². The maximum absolute atomic E-state index is 12.6. The van der Waals surface area contributed by atoms with Crippen LogP contribution in [-0.2, 0) is 16.6 Å². The Balaban J connectivity index is 2.33. The van der Waals surface area contributed by atoms with Crippen LogP contribution in [0.1, 0.15) is 25.3 Å². The maximum atomic E-state index is 12.6. The lowest BCUT2D eigenvalue weighted by atomic mass is 10.2. The zero-order chi connectivity index (χ0) is 14.2. The quantitative estimate of drug-likeness (QED) is 0.889. The Morgan fingerprint density at radius 1 is 1.47 bits per heavy atom. The van der Waals surface area contributed by atoms with E-state index in [9.17, 15) is 8.42 Å². The summed E-state index contributed by atoms with van der Waals surface area (Å²) in [6.45, 7) is 2.37. The standard InChI is InChI=1S/C13H19BrN2O2S/c1-9(11-4-5-11)16(2)19(17,18)13-6-3-10(8-15)7-12(13)14/h3,6-7,9,11H,4-5,8,15H2,1-2H3. The molecule has 1 saturated carbocycles. The minimum Gasteiger partial charge on any atom is -0.326 e. The van der Waals surface area contributed by atoms with Crippen LogP contribution in [0.5, 0.6) is 0 Å². The van der Waals surface area contributed by atoms with Gasteiger partial charge in [-0.05, 0) is 59.3 Å². The molecule has 0 spiro atoms. The van der Waals surface area contributed by atoms with Crippen molar-refractivity contribution in [2.24, 2.45) is 11.7 Å². The topological polar surface area (TPSA) is 63.4 Å². The van der Waals surface area contributed by atoms with Gasteiger partial charge in [-0.15, -0.1) is 0 Å². The molecule has 1 aliphatic carbocycles. The van der Waals surface area contributed by atoms with Crippen molar-refractivity contribution in [3.05, 3.63) is 28.2 Å². The van der Waals surface area contributed by atoms with Crippen molar-refractivity contribution >= 4 is 26.0 Å². The second-order valence-corrected chi connectivity index (χ2v) is 7.89. The lowest BCUT2D eigenvalue weighted by molar-refractivity contribution is 0.357. The smallest absolute Gasteiger partial charge is 0.244 e. The molecule has 1 aromatic rings. The molecule has 0 radical (unpaired) electrons. The summed E-state index contributed by atoms with van der Waals surface area (Å²) in [6.07, 6.45) is 2.24. The molecule has 1 fully saturated rings. The van der Waals surface area contributed by atoms with Crippen molar-refractivity contribution in [3.8, 4) is 0 Å². The maximum Gasteiger partial charge on any atom is 0.244 e. The van der Waals surface area contributed by atoms with Gasteiger partial charge in [0.1, 0.15) is 0 Å². The van der Waals surface area contributed by atoms with Gasteiger partial charge in [-0.1, -0.05) is 6.07 Å². The second kappa shape index (κ2) is 5.52. The molecule has 1 atom stereocenters. The van der Waals surface area contributed by atoms with Gasteiger partial charge in [-0.2, -0.15) is 4.31 Å². The van der Waals surface area contributed by atoms with E-state index in [0.717, 1.165) is 18.4 Å². The molecule has 6 heteroatoms.